The normalized spacial score (nSPS) is 20.1. The number of hydrogen-bond acceptors (Lipinski definition) is 3. The lowest BCUT2D eigenvalue weighted by Gasteiger charge is -2.19. The molecule has 1 saturated heterocycles. The van der Waals surface area contributed by atoms with Crippen LogP contribution in [-0.4, -0.2) is 23.2 Å². The number of nitrogens with zero attached hydrogens (tertiary/aromatic N) is 2. The van der Waals surface area contributed by atoms with E-state index in [1.54, 1.807) is 6.92 Å². The molecule has 1 aliphatic rings. The average molecular weight is 268 g/mol. The van der Waals surface area contributed by atoms with Gasteiger partial charge in [-0.2, -0.15) is 0 Å². The number of aliphatic hydroxyl groups is 1. The highest BCUT2D eigenvalue weighted by Gasteiger charge is 2.24. The molecule has 0 aliphatic carbocycles. The Hall–Kier alpha value is -1.87. The van der Waals surface area contributed by atoms with Crippen LogP contribution in [0.2, 0.25) is 0 Å². The maximum Gasteiger partial charge on any atom is 0.0931 e. The fraction of sp³-hybridized carbons (Fsp3) is 0.353. The highest BCUT2D eigenvalue weighted by molar-refractivity contribution is 5.47. The van der Waals surface area contributed by atoms with Gasteiger partial charge in [-0.1, -0.05) is 30.3 Å². The first kappa shape index (κ1) is 13.1. The molecule has 2 atom stereocenters. The van der Waals surface area contributed by atoms with Crippen LogP contribution >= 0.6 is 0 Å². The maximum absolute atomic E-state index is 9.49. The van der Waals surface area contributed by atoms with Gasteiger partial charge in [0.05, 0.1) is 23.7 Å². The molecule has 0 amide bonds. The Morgan fingerprint density at radius 1 is 1.20 bits per heavy atom. The molecule has 0 spiro atoms. The SMILES string of the molecule is C[C@H](O)c1ccc(N2CCC(c3ccccc3)C2)cn1. The minimum Gasteiger partial charge on any atom is -0.387 e. The summed E-state index contributed by atoms with van der Waals surface area (Å²) in [6.45, 7) is 3.85. The number of pyridine rings is 1. The molecule has 1 N–H and O–H groups in total. The largest absolute Gasteiger partial charge is 0.387 e. The number of anilines is 1. The lowest BCUT2D eigenvalue weighted by molar-refractivity contribution is 0.194. The van der Waals surface area contributed by atoms with E-state index < -0.39 is 6.10 Å². The van der Waals surface area contributed by atoms with E-state index in [0.29, 0.717) is 5.92 Å². The zero-order chi connectivity index (χ0) is 13.9. The van der Waals surface area contributed by atoms with E-state index in [9.17, 15) is 5.11 Å². The number of rotatable bonds is 3. The standard InChI is InChI=1S/C17H20N2O/c1-13(20)17-8-7-16(11-18-17)19-10-9-15(12-19)14-5-3-2-4-6-14/h2-8,11,13,15,20H,9-10,12H2,1H3/t13-,15?/m0/s1. The summed E-state index contributed by atoms with van der Waals surface area (Å²) in [4.78, 5) is 6.70. The number of aliphatic hydroxyl groups excluding tert-OH is 1. The summed E-state index contributed by atoms with van der Waals surface area (Å²) in [5.41, 5.74) is 3.30. The van der Waals surface area contributed by atoms with Gasteiger partial charge in [0.1, 0.15) is 0 Å². The van der Waals surface area contributed by atoms with Crippen LogP contribution in [0, 0.1) is 0 Å². The monoisotopic (exact) mass is 268 g/mol. The van der Waals surface area contributed by atoms with Gasteiger partial charge in [-0.05, 0) is 31.0 Å². The smallest absolute Gasteiger partial charge is 0.0931 e. The van der Waals surface area contributed by atoms with Gasteiger partial charge in [0.15, 0.2) is 0 Å². The van der Waals surface area contributed by atoms with E-state index in [1.807, 2.05) is 12.3 Å². The maximum atomic E-state index is 9.49. The molecule has 3 nitrogen and oxygen atoms in total. The summed E-state index contributed by atoms with van der Waals surface area (Å²) in [7, 11) is 0. The van der Waals surface area contributed by atoms with Crippen molar-refractivity contribution in [3.63, 3.8) is 0 Å². The molecule has 0 bridgehead atoms. The molecule has 1 aromatic heterocycles. The molecule has 1 aliphatic heterocycles. The first-order valence-electron chi connectivity index (χ1n) is 7.18. The molecule has 2 aromatic rings. The summed E-state index contributed by atoms with van der Waals surface area (Å²) >= 11 is 0. The zero-order valence-electron chi connectivity index (χ0n) is 11.7. The second kappa shape index (κ2) is 5.63. The van der Waals surface area contributed by atoms with E-state index in [4.69, 9.17) is 0 Å². The van der Waals surface area contributed by atoms with Gasteiger partial charge in [-0.15, -0.1) is 0 Å². The first-order chi connectivity index (χ1) is 9.74. The minimum atomic E-state index is -0.500. The van der Waals surface area contributed by atoms with Crippen LogP contribution in [-0.2, 0) is 0 Å². The van der Waals surface area contributed by atoms with E-state index >= 15 is 0 Å². The van der Waals surface area contributed by atoms with Crippen molar-refractivity contribution in [2.45, 2.75) is 25.4 Å². The quantitative estimate of drug-likeness (QED) is 0.929. The fourth-order valence-electron chi connectivity index (χ4n) is 2.82. The van der Waals surface area contributed by atoms with E-state index in [1.165, 1.54) is 12.0 Å². The van der Waals surface area contributed by atoms with E-state index in [-0.39, 0.29) is 0 Å². The highest BCUT2D eigenvalue weighted by Crippen LogP contribution is 2.30. The highest BCUT2D eigenvalue weighted by atomic mass is 16.3. The molecule has 1 fully saturated rings. The summed E-state index contributed by atoms with van der Waals surface area (Å²) in [6.07, 6.45) is 2.55. The van der Waals surface area contributed by atoms with Crippen LogP contribution in [0.3, 0.4) is 0 Å². The van der Waals surface area contributed by atoms with Crippen LogP contribution in [0.4, 0.5) is 5.69 Å². The van der Waals surface area contributed by atoms with Gasteiger partial charge in [0.25, 0.3) is 0 Å². The van der Waals surface area contributed by atoms with Crippen LogP contribution in [0.25, 0.3) is 0 Å². The summed E-state index contributed by atoms with van der Waals surface area (Å²) in [5.74, 6) is 0.604. The van der Waals surface area contributed by atoms with Crippen molar-refractivity contribution in [2.75, 3.05) is 18.0 Å². The van der Waals surface area contributed by atoms with Crippen molar-refractivity contribution >= 4 is 5.69 Å². The molecule has 0 radical (unpaired) electrons. The minimum absolute atomic E-state index is 0.500. The van der Waals surface area contributed by atoms with E-state index in [2.05, 4.69) is 46.3 Å². The lowest BCUT2D eigenvalue weighted by Crippen LogP contribution is -2.19. The number of aromatic nitrogens is 1. The second-order valence-corrected chi connectivity index (χ2v) is 5.46. The topological polar surface area (TPSA) is 36.4 Å². The number of benzene rings is 1. The van der Waals surface area contributed by atoms with Crippen molar-refractivity contribution in [1.82, 2.24) is 4.98 Å². The first-order valence-corrected chi connectivity index (χ1v) is 7.18. The summed E-state index contributed by atoms with van der Waals surface area (Å²) in [6, 6.07) is 14.7. The summed E-state index contributed by atoms with van der Waals surface area (Å²) in [5, 5.41) is 9.49. The van der Waals surface area contributed by atoms with E-state index in [0.717, 1.165) is 24.5 Å². The Balaban J connectivity index is 1.71. The van der Waals surface area contributed by atoms with Gasteiger partial charge in [0.2, 0.25) is 0 Å². The van der Waals surface area contributed by atoms with Crippen molar-refractivity contribution in [3.8, 4) is 0 Å². The average Bonchev–Trinajstić information content (AvgIpc) is 2.98. The molecule has 1 aromatic carbocycles. The third-order valence-corrected chi connectivity index (χ3v) is 4.02. The van der Waals surface area contributed by atoms with Crippen LogP contribution < -0.4 is 4.90 Å². The van der Waals surface area contributed by atoms with Gasteiger partial charge in [0, 0.05) is 19.0 Å². The van der Waals surface area contributed by atoms with Gasteiger partial charge in [-0.25, -0.2) is 0 Å². The van der Waals surface area contributed by atoms with Gasteiger partial charge >= 0.3 is 0 Å². The lowest BCUT2D eigenvalue weighted by atomic mass is 9.99. The predicted molar refractivity (Wildman–Crippen MR) is 80.9 cm³/mol. The molecular weight excluding hydrogens is 248 g/mol. The third-order valence-electron chi connectivity index (χ3n) is 4.02. The zero-order valence-corrected chi connectivity index (χ0v) is 11.7. The number of hydrogen-bond donors (Lipinski definition) is 1. The third kappa shape index (κ3) is 2.68. The van der Waals surface area contributed by atoms with Gasteiger partial charge in [-0.3, -0.25) is 4.98 Å². The molecular formula is C17H20N2O. The molecule has 3 rings (SSSR count). The Bertz CT molecular complexity index is 551. The fourth-order valence-corrected chi connectivity index (χ4v) is 2.82. The molecule has 2 heterocycles. The molecule has 20 heavy (non-hydrogen) atoms. The van der Waals surface area contributed by atoms with Crippen LogP contribution in [0.15, 0.2) is 48.7 Å². The molecule has 104 valence electrons. The molecule has 1 unspecified atom stereocenters. The Labute approximate surface area is 119 Å². The van der Waals surface area contributed by atoms with Crippen LogP contribution in [0.5, 0.6) is 0 Å². The Kier molecular flexibility index (Phi) is 3.70. The second-order valence-electron chi connectivity index (χ2n) is 5.46. The van der Waals surface area contributed by atoms with Crippen molar-refractivity contribution < 1.29 is 5.11 Å². The van der Waals surface area contributed by atoms with Crippen molar-refractivity contribution in [3.05, 3.63) is 59.9 Å². The van der Waals surface area contributed by atoms with Gasteiger partial charge < -0.3 is 10.0 Å². The molecule has 3 heteroatoms. The molecule has 0 saturated carbocycles. The predicted octanol–water partition coefficient (Wildman–Crippen LogP) is 3.13. The van der Waals surface area contributed by atoms with Crippen LogP contribution in [0.1, 0.15) is 36.6 Å². The van der Waals surface area contributed by atoms with Crippen molar-refractivity contribution in [1.29, 1.82) is 0 Å². The van der Waals surface area contributed by atoms with Crippen molar-refractivity contribution in [2.24, 2.45) is 0 Å². The Morgan fingerprint density at radius 2 is 2.00 bits per heavy atom. The Morgan fingerprint density at radius 3 is 2.65 bits per heavy atom. The summed E-state index contributed by atoms with van der Waals surface area (Å²) < 4.78 is 0.